The minimum atomic E-state index is -0.442. The molecule has 0 aliphatic heterocycles. The van der Waals surface area contributed by atoms with Gasteiger partial charge in [-0.1, -0.05) is 24.3 Å². The first-order valence-electron chi connectivity index (χ1n) is 8.09. The zero-order chi connectivity index (χ0) is 16.2. The lowest BCUT2D eigenvalue weighted by Crippen LogP contribution is -2.37. The van der Waals surface area contributed by atoms with Crippen molar-refractivity contribution in [2.45, 2.75) is 51.7 Å². The summed E-state index contributed by atoms with van der Waals surface area (Å²) in [6, 6.07) is 8.80. The molecule has 122 valence electrons. The fourth-order valence-electron chi connectivity index (χ4n) is 2.28. The first-order valence-corrected chi connectivity index (χ1v) is 8.09. The summed E-state index contributed by atoms with van der Waals surface area (Å²) < 4.78 is 5.32. The fraction of sp³-hybridized carbons (Fsp3) is 0.611. The van der Waals surface area contributed by atoms with Gasteiger partial charge in [0.1, 0.15) is 5.60 Å². The van der Waals surface area contributed by atoms with Gasteiger partial charge in [0, 0.05) is 26.7 Å². The first-order chi connectivity index (χ1) is 10.3. The van der Waals surface area contributed by atoms with Gasteiger partial charge in [-0.25, -0.2) is 4.79 Å². The van der Waals surface area contributed by atoms with E-state index in [4.69, 9.17) is 4.74 Å². The van der Waals surface area contributed by atoms with E-state index in [9.17, 15) is 4.79 Å². The third-order valence-electron chi connectivity index (χ3n) is 3.66. The highest BCUT2D eigenvalue weighted by atomic mass is 16.6. The Morgan fingerprint density at radius 3 is 2.73 bits per heavy atom. The lowest BCUT2D eigenvalue weighted by atomic mass is 10.1. The molecular weight excluding hydrogens is 276 g/mol. The van der Waals surface area contributed by atoms with Gasteiger partial charge in [-0.3, -0.25) is 0 Å². The maximum atomic E-state index is 11.8. The SMILES string of the molecule is CN(CCNCc1cccc(C2CC2)c1)C(=O)OC(C)(C)C. The molecule has 0 spiro atoms. The van der Waals surface area contributed by atoms with E-state index in [1.54, 1.807) is 11.9 Å². The summed E-state index contributed by atoms with van der Waals surface area (Å²) in [7, 11) is 1.77. The lowest BCUT2D eigenvalue weighted by molar-refractivity contribution is 0.0300. The molecule has 0 bridgehead atoms. The second kappa shape index (κ2) is 7.14. The topological polar surface area (TPSA) is 41.6 Å². The number of rotatable bonds is 6. The van der Waals surface area contributed by atoms with Crippen LogP contribution in [0.1, 0.15) is 50.7 Å². The van der Waals surface area contributed by atoms with Crippen LogP contribution in [0.2, 0.25) is 0 Å². The Morgan fingerprint density at radius 1 is 1.36 bits per heavy atom. The summed E-state index contributed by atoms with van der Waals surface area (Å²) in [4.78, 5) is 13.4. The second-order valence-electron chi connectivity index (χ2n) is 7.10. The molecule has 1 N–H and O–H groups in total. The van der Waals surface area contributed by atoms with E-state index in [1.165, 1.54) is 24.0 Å². The third kappa shape index (κ3) is 5.68. The quantitative estimate of drug-likeness (QED) is 0.818. The van der Waals surface area contributed by atoms with Crippen LogP contribution in [0.4, 0.5) is 4.79 Å². The number of amides is 1. The van der Waals surface area contributed by atoms with E-state index in [1.807, 2.05) is 20.8 Å². The Morgan fingerprint density at radius 2 is 2.09 bits per heavy atom. The fourth-order valence-corrected chi connectivity index (χ4v) is 2.28. The van der Waals surface area contributed by atoms with Crippen molar-refractivity contribution in [1.29, 1.82) is 0 Å². The molecule has 0 atom stereocenters. The maximum absolute atomic E-state index is 11.8. The molecule has 0 saturated heterocycles. The molecule has 2 rings (SSSR count). The average Bonchev–Trinajstić information content (AvgIpc) is 3.26. The Labute approximate surface area is 133 Å². The minimum Gasteiger partial charge on any atom is -0.444 e. The van der Waals surface area contributed by atoms with Crippen molar-refractivity contribution in [2.24, 2.45) is 0 Å². The monoisotopic (exact) mass is 304 g/mol. The summed E-state index contributed by atoms with van der Waals surface area (Å²) in [5.41, 5.74) is 2.33. The Balaban J connectivity index is 1.68. The summed E-state index contributed by atoms with van der Waals surface area (Å²) in [5.74, 6) is 0.790. The molecule has 1 fully saturated rings. The Hall–Kier alpha value is -1.55. The van der Waals surface area contributed by atoms with Gasteiger partial charge < -0.3 is 15.0 Å². The van der Waals surface area contributed by atoms with Crippen molar-refractivity contribution in [3.63, 3.8) is 0 Å². The zero-order valence-electron chi connectivity index (χ0n) is 14.2. The van der Waals surface area contributed by atoms with E-state index in [2.05, 4.69) is 29.6 Å². The van der Waals surface area contributed by atoms with Crippen LogP contribution in [0.15, 0.2) is 24.3 Å². The van der Waals surface area contributed by atoms with Crippen LogP contribution in [0.3, 0.4) is 0 Å². The summed E-state index contributed by atoms with van der Waals surface area (Å²) in [6.07, 6.45) is 2.39. The van der Waals surface area contributed by atoms with Crippen LogP contribution in [-0.2, 0) is 11.3 Å². The van der Waals surface area contributed by atoms with Gasteiger partial charge >= 0.3 is 6.09 Å². The first kappa shape index (κ1) is 16.8. The number of hydrogen-bond donors (Lipinski definition) is 1. The average molecular weight is 304 g/mol. The van der Waals surface area contributed by atoms with Crippen LogP contribution in [-0.4, -0.2) is 36.7 Å². The highest BCUT2D eigenvalue weighted by molar-refractivity contribution is 5.67. The van der Waals surface area contributed by atoms with Gasteiger partial charge in [-0.05, 0) is 50.7 Å². The molecule has 1 amide bonds. The molecule has 0 unspecified atom stereocenters. The van der Waals surface area contributed by atoms with Crippen molar-refractivity contribution < 1.29 is 9.53 Å². The summed E-state index contributed by atoms with van der Waals surface area (Å²) in [6.45, 7) is 7.86. The number of benzene rings is 1. The molecule has 4 nitrogen and oxygen atoms in total. The number of hydrogen-bond acceptors (Lipinski definition) is 3. The lowest BCUT2D eigenvalue weighted by Gasteiger charge is -2.24. The molecule has 1 aromatic rings. The van der Waals surface area contributed by atoms with E-state index in [0.29, 0.717) is 6.54 Å². The second-order valence-corrected chi connectivity index (χ2v) is 7.10. The molecule has 0 heterocycles. The standard InChI is InChI=1S/C18H28N2O2/c1-18(2,3)22-17(21)20(4)11-10-19-13-14-6-5-7-16(12-14)15-8-9-15/h5-7,12,15,19H,8-11,13H2,1-4H3. The molecule has 4 heteroatoms. The van der Waals surface area contributed by atoms with Crippen LogP contribution < -0.4 is 5.32 Å². The highest BCUT2D eigenvalue weighted by Crippen LogP contribution is 2.40. The van der Waals surface area contributed by atoms with Crippen LogP contribution in [0.25, 0.3) is 0 Å². The van der Waals surface area contributed by atoms with E-state index in [-0.39, 0.29) is 6.09 Å². The Kier molecular flexibility index (Phi) is 5.46. The Bertz CT molecular complexity index is 504. The highest BCUT2D eigenvalue weighted by Gasteiger charge is 2.23. The normalized spacial score (nSPS) is 14.7. The van der Waals surface area contributed by atoms with Crippen LogP contribution in [0.5, 0.6) is 0 Å². The summed E-state index contributed by atoms with van der Waals surface area (Å²) in [5, 5.41) is 3.39. The van der Waals surface area contributed by atoms with E-state index in [0.717, 1.165) is 19.0 Å². The molecule has 1 aliphatic carbocycles. The van der Waals surface area contributed by atoms with E-state index < -0.39 is 5.60 Å². The van der Waals surface area contributed by atoms with Crippen molar-refractivity contribution in [3.05, 3.63) is 35.4 Å². The molecule has 0 radical (unpaired) electrons. The molecular formula is C18H28N2O2. The number of likely N-dealkylation sites (N-methyl/N-ethyl adjacent to an activating group) is 1. The van der Waals surface area contributed by atoms with Crippen molar-refractivity contribution >= 4 is 6.09 Å². The molecule has 1 saturated carbocycles. The van der Waals surface area contributed by atoms with E-state index >= 15 is 0 Å². The van der Waals surface area contributed by atoms with Gasteiger partial charge in [0.2, 0.25) is 0 Å². The van der Waals surface area contributed by atoms with Gasteiger partial charge in [0.25, 0.3) is 0 Å². The number of nitrogens with zero attached hydrogens (tertiary/aromatic N) is 1. The summed E-state index contributed by atoms with van der Waals surface area (Å²) >= 11 is 0. The predicted molar refractivity (Wildman–Crippen MR) is 89.0 cm³/mol. The largest absolute Gasteiger partial charge is 0.444 e. The van der Waals surface area contributed by atoms with Gasteiger partial charge in [-0.15, -0.1) is 0 Å². The maximum Gasteiger partial charge on any atom is 0.410 e. The zero-order valence-corrected chi connectivity index (χ0v) is 14.2. The predicted octanol–water partition coefficient (Wildman–Crippen LogP) is 3.52. The third-order valence-corrected chi connectivity index (χ3v) is 3.66. The van der Waals surface area contributed by atoms with Crippen molar-refractivity contribution in [1.82, 2.24) is 10.2 Å². The minimum absolute atomic E-state index is 0.273. The molecule has 1 aromatic carbocycles. The number of nitrogens with one attached hydrogen (secondary N) is 1. The number of carbonyl (C=O) groups is 1. The number of carbonyl (C=O) groups excluding carboxylic acids is 1. The van der Waals surface area contributed by atoms with Crippen molar-refractivity contribution in [3.8, 4) is 0 Å². The molecule has 22 heavy (non-hydrogen) atoms. The smallest absolute Gasteiger partial charge is 0.410 e. The van der Waals surface area contributed by atoms with Crippen LogP contribution in [0, 0.1) is 0 Å². The van der Waals surface area contributed by atoms with Gasteiger partial charge in [-0.2, -0.15) is 0 Å². The molecule has 0 aromatic heterocycles. The van der Waals surface area contributed by atoms with Gasteiger partial charge in [0.05, 0.1) is 0 Å². The number of ether oxygens (including phenoxy) is 1. The molecule has 1 aliphatic rings. The van der Waals surface area contributed by atoms with Crippen molar-refractivity contribution in [2.75, 3.05) is 20.1 Å². The van der Waals surface area contributed by atoms with Crippen LogP contribution >= 0.6 is 0 Å². The van der Waals surface area contributed by atoms with Gasteiger partial charge in [0.15, 0.2) is 0 Å².